The number of aromatic nitrogens is 1. The van der Waals surface area contributed by atoms with Crippen molar-refractivity contribution in [3.8, 4) is 5.75 Å². The number of benzene rings is 3. The minimum Gasteiger partial charge on any atom is -0.489 e. The first kappa shape index (κ1) is 22.2. The molecule has 33 heavy (non-hydrogen) atoms. The van der Waals surface area contributed by atoms with Crippen molar-refractivity contribution in [1.82, 2.24) is 4.98 Å². The number of para-hydroxylation sites is 1. The van der Waals surface area contributed by atoms with Gasteiger partial charge in [-0.25, -0.2) is 9.78 Å². The van der Waals surface area contributed by atoms with Crippen LogP contribution in [0.3, 0.4) is 0 Å². The van der Waals surface area contributed by atoms with Crippen LogP contribution in [0.5, 0.6) is 5.75 Å². The summed E-state index contributed by atoms with van der Waals surface area (Å²) in [6, 6.07) is 24.6. The minimum atomic E-state index is -0.952. The molecule has 166 valence electrons. The first-order valence-electron chi connectivity index (χ1n) is 10.4. The van der Waals surface area contributed by atoms with Gasteiger partial charge < -0.3 is 14.8 Å². The lowest BCUT2D eigenvalue weighted by molar-refractivity contribution is -0.148. The number of hydrogen-bond donors (Lipinski definition) is 1. The van der Waals surface area contributed by atoms with Crippen molar-refractivity contribution in [3.63, 3.8) is 0 Å². The van der Waals surface area contributed by atoms with Gasteiger partial charge in [0.25, 0.3) is 5.91 Å². The van der Waals surface area contributed by atoms with Crippen LogP contribution in [-0.2, 0) is 20.9 Å². The van der Waals surface area contributed by atoms with Gasteiger partial charge >= 0.3 is 5.97 Å². The molecular formula is C26H22N2O4S. The van der Waals surface area contributed by atoms with Crippen LogP contribution in [0.15, 0.2) is 84.9 Å². The Morgan fingerprint density at radius 1 is 1.00 bits per heavy atom. The normalized spacial score (nSPS) is 11.9. The van der Waals surface area contributed by atoms with E-state index in [0.29, 0.717) is 23.1 Å². The fourth-order valence-corrected chi connectivity index (χ4v) is 3.86. The van der Waals surface area contributed by atoms with Crippen LogP contribution < -0.4 is 10.1 Å². The van der Waals surface area contributed by atoms with E-state index in [0.717, 1.165) is 15.8 Å². The molecule has 4 aromatic rings. The van der Waals surface area contributed by atoms with Gasteiger partial charge in [-0.3, -0.25) is 4.79 Å². The van der Waals surface area contributed by atoms with Crippen molar-refractivity contribution in [3.05, 3.63) is 95.5 Å². The standard InChI is InChI=1S/C26H22N2O4S/c1-18(32-25(29)16-15-24-28-22-9-5-6-10-23(22)33-24)26(30)27-20-11-13-21(14-12-20)31-17-19-7-3-2-4-8-19/h2-16,18H,17H2,1H3,(H,27,30)/b16-15+. The molecule has 1 N–H and O–H groups in total. The van der Waals surface area contributed by atoms with E-state index in [-0.39, 0.29) is 0 Å². The zero-order valence-corrected chi connectivity index (χ0v) is 18.7. The number of rotatable bonds is 8. The topological polar surface area (TPSA) is 77.5 Å². The number of ether oxygens (including phenoxy) is 2. The minimum absolute atomic E-state index is 0.422. The Hall–Kier alpha value is -3.97. The number of amides is 1. The quantitative estimate of drug-likeness (QED) is 0.280. The van der Waals surface area contributed by atoms with Crippen molar-refractivity contribution < 1.29 is 19.1 Å². The second kappa shape index (κ2) is 10.6. The maximum Gasteiger partial charge on any atom is 0.331 e. The van der Waals surface area contributed by atoms with Crippen molar-refractivity contribution in [1.29, 1.82) is 0 Å². The third kappa shape index (κ3) is 6.27. The summed E-state index contributed by atoms with van der Waals surface area (Å²) in [5, 5.41) is 3.43. The van der Waals surface area contributed by atoms with Crippen LogP contribution in [-0.4, -0.2) is 23.0 Å². The lowest BCUT2D eigenvalue weighted by Crippen LogP contribution is -2.29. The van der Waals surface area contributed by atoms with Crippen molar-refractivity contribution in [2.45, 2.75) is 19.6 Å². The van der Waals surface area contributed by atoms with Gasteiger partial charge in [0.1, 0.15) is 17.4 Å². The fourth-order valence-electron chi connectivity index (χ4n) is 2.99. The van der Waals surface area contributed by atoms with Crippen LogP contribution >= 0.6 is 11.3 Å². The molecule has 0 aliphatic heterocycles. The molecule has 0 radical (unpaired) electrons. The molecule has 0 saturated carbocycles. The number of carbonyl (C=O) groups is 2. The second-order valence-corrected chi connectivity index (χ2v) is 8.28. The Labute approximate surface area is 195 Å². The Morgan fingerprint density at radius 3 is 2.48 bits per heavy atom. The number of nitrogens with zero attached hydrogens (tertiary/aromatic N) is 1. The summed E-state index contributed by atoms with van der Waals surface area (Å²) in [6.07, 6.45) is 1.91. The van der Waals surface area contributed by atoms with Gasteiger partial charge in [-0.15, -0.1) is 11.3 Å². The number of anilines is 1. The molecule has 0 saturated heterocycles. The lowest BCUT2D eigenvalue weighted by Gasteiger charge is -2.13. The molecular weight excluding hydrogens is 436 g/mol. The Balaban J connectivity index is 1.25. The molecule has 0 spiro atoms. The van der Waals surface area contributed by atoms with Crippen molar-refractivity contribution >= 4 is 45.2 Å². The van der Waals surface area contributed by atoms with E-state index in [4.69, 9.17) is 9.47 Å². The molecule has 0 bridgehead atoms. The van der Waals surface area contributed by atoms with E-state index in [1.165, 1.54) is 24.3 Å². The zero-order valence-electron chi connectivity index (χ0n) is 17.9. The molecule has 1 amide bonds. The third-order valence-electron chi connectivity index (χ3n) is 4.70. The number of thiazole rings is 1. The molecule has 4 rings (SSSR count). The summed E-state index contributed by atoms with van der Waals surface area (Å²) in [6.45, 7) is 1.99. The molecule has 0 fully saturated rings. The van der Waals surface area contributed by atoms with Gasteiger partial charge in [-0.05, 0) is 55.0 Å². The average Bonchev–Trinajstić information content (AvgIpc) is 3.26. The molecule has 0 aliphatic rings. The maximum atomic E-state index is 12.4. The summed E-state index contributed by atoms with van der Waals surface area (Å²) in [7, 11) is 0. The number of nitrogens with one attached hydrogen (secondary N) is 1. The highest BCUT2D eigenvalue weighted by molar-refractivity contribution is 7.19. The van der Waals surface area contributed by atoms with E-state index < -0.39 is 18.0 Å². The molecule has 6 nitrogen and oxygen atoms in total. The van der Waals surface area contributed by atoms with E-state index in [9.17, 15) is 9.59 Å². The number of esters is 1. The van der Waals surface area contributed by atoms with Gasteiger partial charge in [0.15, 0.2) is 6.10 Å². The number of hydrogen-bond acceptors (Lipinski definition) is 6. The van der Waals surface area contributed by atoms with E-state index in [1.807, 2.05) is 54.6 Å². The van der Waals surface area contributed by atoms with Crippen molar-refractivity contribution in [2.24, 2.45) is 0 Å². The van der Waals surface area contributed by atoms with E-state index in [1.54, 1.807) is 30.3 Å². The molecule has 3 aromatic carbocycles. The van der Waals surface area contributed by atoms with Gasteiger partial charge in [0.05, 0.1) is 10.2 Å². The summed E-state index contributed by atoms with van der Waals surface area (Å²) in [4.78, 5) is 28.9. The summed E-state index contributed by atoms with van der Waals surface area (Å²) >= 11 is 1.47. The molecule has 1 unspecified atom stereocenters. The smallest absolute Gasteiger partial charge is 0.331 e. The summed E-state index contributed by atoms with van der Waals surface area (Å²) < 4.78 is 12.0. The Bertz CT molecular complexity index is 1230. The van der Waals surface area contributed by atoms with Gasteiger partial charge in [-0.1, -0.05) is 42.5 Å². The van der Waals surface area contributed by atoms with E-state index in [2.05, 4.69) is 10.3 Å². The predicted octanol–water partition coefficient (Wildman–Crippen LogP) is 5.46. The fraction of sp³-hybridized carbons (Fsp3) is 0.115. The van der Waals surface area contributed by atoms with Crippen LogP contribution in [0.1, 0.15) is 17.5 Å². The SMILES string of the molecule is CC(OC(=O)/C=C/c1nc2ccccc2s1)C(=O)Nc1ccc(OCc2ccccc2)cc1. The summed E-state index contributed by atoms with van der Waals surface area (Å²) in [5.74, 6) is -0.340. The van der Waals surface area contributed by atoms with Gasteiger partial charge in [-0.2, -0.15) is 0 Å². The first-order valence-corrected chi connectivity index (χ1v) is 11.2. The summed E-state index contributed by atoms with van der Waals surface area (Å²) in [5.41, 5.74) is 2.53. The van der Waals surface area contributed by atoms with E-state index >= 15 is 0 Å². The van der Waals surface area contributed by atoms with Gasteiger partial charge in [0, 0.05) is 11.8 Å². The molecule has 0 aliphatic carbocycles. The average molecular weight is 459 g/mol. The highest BCUT2D eigenvalue weighted by Crippen LogP contribution is 2.22. The van der Waals surface area contributed by atoms with Crippen molar-refractivity contribution in [2.75, 3.05) is 5.32 Å². The van der Waals surface area contributed by atoms with Crippen LogP contribution in [0.4, 0.5) is 5.69 Å². The zero-order chi connectivity index (χ0) is 23.0. The highest BCUT2D eigenvalue weighted by atomic mass is 32.1. The molecule has 1 aromatic heterocycles. The molecule has 1 heterocycles. The number of carbonyl (C=O) groups excluding carboxylic acids is 2. The van der Waals surface area contributed by atoms with Gasteiger partial charge in [0.2, 0.25) is 0 Å². The second-order valence-electron chi connectivity index (χ2n) is 7.22. The predicted molar refractivity (Wildman–Crippen MR) is 130 cm³/mol. The monoisotopic (exact) mass is 458 g/mol. The Morgan fingerprint density at radius 2 is 1.73 bits per heavy atom. The molecule has 1 atom stereocenters. The number of fused-ring (bicyclic) bond motifs is 1. The lowest BCUT2D eigenvalue weighted by atomic mass is 10.2. The third-order valence-corrected chi connectivity index (χ3v) is 5.71. The highest BCUT2D eigenvalue weighted by Gasteiger charge is 2.17. The van der Waals surface area contributed by atoms with Crippen LogP contribution in [0.2, 0.25) is 0 Å². The van der Waals surface area contributed by atoms with Crippen LogP contribution in [0.25, 0.3) is 16.3 Å². The van der Waals surface area contributed by atoms with Crippen LogP contribution in [0, 0.1) is 0 Å². The Kier molecular flexibility index (Phi) is 7.12. The first-order chi connectivity index (χ1) is 16.1. The maximum absolute atomic E-state index is 12.4. The largest absolute Gasteiger partial charge is 0.489 e. The molecule has 7 heteroatoms.